The first-order valence-corrected chi connectivity index (χ1v) is 17.7. The Kier molecular flexibility index (Phi) is 8.47. The van der Waals surface area contributed by atoms with Crippen LogP contribution in [0.5, 0.6) is 11.5 Å². The number of imidazole rings is 1. The van der Waals surface area contributed by atoms with E-state index in [0.717, 1.165) is 28.5 Å². The van der Waals surface area contributed by atoms with E-state index in [1.165, 1.54) is 35.4 Å². The van der Waals surface area contributed by atoms with E-state index in [-0.39, 0.29) is 17.3 Å². The van der Waals surface area contributed by atoms with Gasteiger partial charge in [0, 0.05) is 40.1 Å². The number of halogens is 1. The van der Waals surface area contributed by atoms with Crippen molar-refractivity contribution in [2.24, 2.45) is 5.92 Å². The lowest BCUT2D eigenvalue weighted by molar-refractivity contribution is -0.137. The van der Waals surface area contributed by atoms with Crippen LogP contribution in [0.1, 0.15) is 29.3 Å². The number of fused-ring (bicyclic) bond motifs is 1. The number of nitrogens with one attached hydrogen (secondary N) is 2. The standard InChI is InChI=1S/C18H19IN6O4.C17H19NO3/c1-20-17(28)14-12(26)13(27)18(29-14)25-8-24-11-15(22-7-23-16(11)25)21-6-9-3-2-4-10(19)5-9;1-18-7-6-17-10-3-5-13(20)16(17)21-15-12(19)4-2-9(14(15)17)8-11(10)18/h2-5,7-8,12-14,18,26-27H,6H2,1H3,(H,20,28)(H,21,22,23);2-5,10-11,13,16,19-20H,6-8H2,1H3/t12-,13+,14-,18+;10-,11+,13-,16-,17-/m00/s1. The Morgan fingerprint density at radius 3 is 2.76 bits per heavy atom. The fraction of sp³-hybridized carbons (Fsp3) is 0.429. The van der Waals surface area contributed by atoms with Gasteiger partial charge in [-0.1, -0.05) is 30.4 Å². The molecule has 0 unspecified atom stereocenters. The number of piperidine rings is 1. The summed E-state index contributed by atoms with van der Waals surface area (Å²) < 4.78 is 14.3. The molecule has 5 heterocycles. The van der Waals surface area contributed by atoms with Gasteiger partial charge in [-0.3, -0.25) is 9.36 Å². The summed E-state index contributed by atoms with van der Waals surface area (Å²) in [6.45, 7) is 1.56. The van der Waals surface area contributed by atoms with Crippen molar-refractivity contribution < 1.29 is 34.7 Å². The molecule has 2 bridgehead atoms. The fourth-order valence-electron chi connectivity index (χ4n) is 8.49. The third-order valence-electron chi connectivity index (χ3n) is 10.9. The lowest BCUT2D eigenvalue weighted by atomic mass is 9.53. The van der Waals surface area contributed by atoms with Crippen LogP contribution in [0, 0.1) is 9.49 Å². The maximum atomic E-state index is 11.9. The number of rotatable bonds is 5. The molecule has 9 rings (SSSR count). The van der Waals surface area contributed by atoms with Crippen LogP contribution in [0.4, 0.5) is 5.82 Å². The summed E-state index contributed by atoms with van der Waals surface area (Å²) in [4.78, 5) is 27.2. The molecule has 262 valence electrons. The highest BCUT2D eigenvalue weighted by atomic mass is 127. The summed E-state index contributed by atoms with van der Waals surface area (Å²) >= 11 is 2.26. The SMILES string of the molecule is CN1CC[C@]23c4c5ccc(O)c4O[C@H]2[C@@H](O)C=C[C@H]3[C@H]1C5.CNC(=O)[C@H]1O[C@@H](n2cnc3c(NCc4cccc(I)c4)ncnc32)[C@H](O)[C@@H]1O. The number of benzene rings is 2. The number of aliphatic hydroxyl groups excluding tert-OH is 3. The number of likely N-dealkylation sites (N-methyl/N-ethyl adjacent to an activating group) is 2. The number of likely N-dealkylation sites (tertiary alicyclic amines) is 1. The minimum Gasteiger partial charge on any atom is -0.504 e. The number of aromatic hydroxyl groups is 1. The predicted molar refractivity (Wildman–Crippen MR) is 189 cm³/mol. The molecule has 1 amide bonds. The van der Waals surface area contributed by atoms with E-state index < -0.39 is 36.6 Å². The molecule has 2 fully saturated rings. The number of amides is 1. The summed E-state index contributed by atoms with van der Waals surface area (Å²) in [7, 11) is 3.62. The number of aromatic nitrogens is 4. The van der Waals surface area contributed by atoms with Crippen LogP contribution in [-0.2, 0) is 27.9 Å². The molecule has 4 aromatic rings. The number of anilines is 1. The maximum Gasteiger partial charge on any atom is 0.251 e. The van der Waals surface area contributed by atoms with Crippen LogP contribution in [-0.4, -0.2) is 108 Å². The van der Waals surface area contributed by atoms with E-state index >= 15 is 0 Å². The van der Waals surface area contributed by atoms with Crippen molar-refractivity contribution in [3.05, 3.63) is 81.5 Å². The molecular formula is C35H38IN7O7. The van der Waals surface area contributed by atoms with Gasteiger partial charge >= 0.3 is 0 Å². The van der Waals surface area contributed by atoms with Crippen molar-refractivity contribution in [1.29, 1.82) is 0 Å². The second-order valence-corrected chi connectivity index (χ2v) is 14.7. The van der Waals surface area contributed by atoms with E-state index in [2.05, 4.69) is 72.3 Å². The Balaban J connectivity index is 0.000000151. The monoisotopic (exact) mass is 795 g/mol. The van der Waals surface area contributed by atoms with Crippen molar-refractivity contribution in [1.82, 2.24) is 29.7 Å². The van der Waals surface area contributed by atoms with Crippen molar-refractivity contribution in [3.8, 4) is 11.5 Å². The third-order valence-corrected chi connectivity index (χ3v) is 11.5. The number of phenolic OH excluding ortho intramolecular Hbond substituents is 1. The number of aliphatic hydroxyl groups is 3. The van der Waals surface area contributed by atoms with E-state index in [4.69, 9.17) is 9.47 Å². The Morgan fingerprint density at radius 1 is 1.12 bits per heavy atom. The smallest absolute Gasteiger partial charge is 0.251 e. The average molecular weight is 796 g/mol. The summed E-state index contributed by atoms with van der Waals surface area (Å²) in [5, 5.41) is 46.9. The lowest BCUT2D eigenvalue weighted by Crippen LogP contribution is -2.64. The van der Waals surface area contributed by atoms with Crippen molar-refractivity contribution >= 4 is 45.5 Å². The number of hydrogen-bond acceptors (Lipinski definition) is 12. The van der Waals surface area contributed by atoms with Crippen LogP contribution in [0.25, 0.3) is 11.2 Å². The minimum atomic E-state index is -1.36. The molecule has 9 atom stereocenters. The fourth-order valence-corrected chi connectivity index (χ4v) is 9.09. The Hall–Kier alpha value is -3.87. The molecule has 0 saturated carbocycles. The summed E-state index contributed by atoms with van der Waals surface area (Å²) in [6.07, 6.45) is 3.14. The molecule has 2 aliphatic carbocycles. The zero-order valence-electron chi connectivity index (χ0n) is 27.3. The van der Waals surface area contributed by atoms with Gasteiger partial charge in [-0.25, -0.2) is 15.0 Å². The third kappa shape index (κ3) is 5.16. The van der Waals surface area contributed by atoms with Gasteiger partial charge in [-0.2, -0.15) is 0 Å². The average Bonchev–Trinajstić information content (AvgIpc) is 3.79. The van der Waals surface area contributed by atoms with E-state index in [1.807, 2.05) is 30.3 Å². The largest absolute Gasteiger partial charge is 0.504 e. The van der Waals surface area contributed by atoms with Crippen LogP contribution < -0.4 is 15.4 Å². The molecule has 3 aliphatic heterocycles. The zero-order valence-corrected chi connectivity index (χ0v) is 29.5. The highest BCUT2D eigenvalue weighted by Gasteiger charge is 2.64. The highest BCUT2D eigenvalue weighted by molar-refractivity contribution is 14.1. The molecule has 50 heavy (non-hydrogen) atoms. The van der Waals surface area contributed by atoms with Gasteiger partial charge in [0.15, 0.2) is 40.8 Å². The lowest BCUT2D eigenvalue weighted by Gasteiger charge is -2.56. The topological polar surface area (TPSA) is 187 Å². The normalized spacial score (nSPS) is 31.8. The summed E-state index contributed by atoms with van der Waals surface area (Å²) in [6, 6.07) is 12.3. The summed E-state index contributed by atoms with van der Waals surface area (Å²) in [5.41, 5.74) is 4.29. The predicted octanol–water partition coefficient (Wildman–Crippen LogP) is 1.61. The molecule has 14 nitrogen and oxygen atoms in total. The van der Waals surface area contributed by atoms with Gasteiger partial charge in [0.2, 0.25) is 0 Å². The minimum absolute atomic E-state index is 0.160. The number of nitrogens with zero attached hydrogens (tertiary/aromatic N) is 5. The first kappa shape index (κ1) is 33.3. The van der Waals surface area contributed by atoms with Gasteiger partial charge in [0.25, 0.3) is 5.91 Å². The molecule has 2 saturated heterocycles. The quantitative estimate of drug-likeness (QED) is 0.127. The number of carbonyl (C=O) groups is 1. The molecule has 2 aromatic carbocycles. The van der Waals surface area contributed by atoms with Crippen molar-refractivity contribution in [2.45, 2.75) is 67.6 Å². The molecule has 2 aromatic heterocycles. The Labute approximate surface area is 301 Å². The number of carbonyl (C=O) groups excluding carboxylic acids is 1. The van der Waals surface area contributed by atoms with E-state index in [1.54, 1.807) is 6.07 Å². The van der Waals surface area contributed by atoms with E-state index in [9.17, 15) is 25.2 Å². The summed E-state index contributed by atoms with van der Waals surface area (Å²) in [5.74, 6) is 1.20. The molecule has 6 N–H and O–H groups in total. The molecular weight excluding hydrogens is 757 g/mol. The Morgan fingerprint density at radius 2 is 1.96 bits per heavy atom. The van der Waals surface area contributed by atoms with Crippen LogP contribution in [0.2, 0.25) is 0 Å². The number of hydrogen-bond donors (Lipinski definition) is 6. The van der Waals surface area contributed by atoms with E-state index in [0.29, 0.717) is 41.2 Å². The van der Waals surface area contributed by atoms with Crippen molar-refractivity contribution in [3.63, 3.8) is 0 Å². The molecule has 0 radical (unpaired) electrons. The van der Waals surface area contributed by atoms with Gasteiger partial charge in [-0.05, 0) is 78.4 Å². The van der Waals surface area contributed by atoms with Gasteiger partial charge in [0.1, 0.15) is 30.7 Å². The van der Waals surface area contributed by atoms with Crippen LogP contribution >= 0.6 is 22.6 Å². The van der Waals surface area contributed by atoms with Gasteiger partial charge in [0.05, 0.1) is 6.33 Å². The zero-order chi connectivity index (χ0) is 34.9. The second kappa shape index (κ2) is 12.7. The van der Waals surface area contributed by atoms with Crippen molar-refractivity contribution in [2.75, 3.05) is 26.0 Å². The molecule has 1 spiro atoms. The second-order valence-electron chi connectivity index (χ2n) is 13.5. The maximum absolute atomic E-state index is 11.9. The first-order valence-electron chi connectivity index (χ1n) is 16.6. The first-order chi connectivity index (χ1) is 24.1. The number of ether oxygens (including phenoxy) is 2. The number of phenols is 1. The molecule has 5 aliphatic rings. The van der Waals surface area contributed by atoms with Gasteiger partial charge < -0.3 is 45.4 Å². The molecule has 15 heteroatoms. The van der Waals surface area contributed by atoms with Crippen LogP contribution in [0.15, 0.2) is 61.2 Å². The van der Waals surface area contributed by atoms with Gasteiger partial charge in [-0.15, -0.1) is 0 Å². The highest BCUT2D eigenvalue weighted by Crippen LogP contribution is 2.62. The van der Waals surface area contributed by atoms with Crippen LogP contribution in [0.3, 0.4) is 0 Å². The Bertz CT molecular complexity index is 1990.